The molecule has 0 aromatic heterocycles. The van der Waals surface area contributed by atoms with Crippen LogP contribution in [0.4, 0.5) is 0 Å². The molecule has 0 saturated carbocycles. The monoisotopic (exact) mass is 154 g/mol. The van der Waals surface area contributed by atoms with Crippen LogP contribution in [0.2, 0.25) is 0 Å². The van der Waals surface area contributed by atoms with Gasteiger partial charge in [0.2, 0.25) is 0 Å². The number of phenolic OH excluding ortho intramolecular Hbond substituents is 1. The number of hydrogen-bond donors (Lipinski definition) is 1. The van der Waals surface area contributed by atoms with Crippen molar-refractivity contribution in [1.82, 2.24) is 0 Å². The van der Waals surface area contributed by atoms with Crippen LogP contribution in [-0.4, -0.2) is 11.8 Å². The minimum absolute atomic E-state index is 0.461. The number of hydrogen-bond acceptors (Lipinski definition) is 1. The van der Waals surface area contributed by atoms with Gasteiger partial charge in [-0.05, 0) is 19.2 Å². The highest BCUT2D eigenvalue weighted by Gasteiger charge is 1.98. The molecule has 0 heterocycles. The van der Waals surface area contributed by atoms with Crippen molar-refractivity contribution in [2.24, 2.45) is 0 Å². The molecule has 1 unspecified atom stereocenters. The second kappa shape index (κ2) is 3.03. The van der Waals surface area contributed by atoms with E-state index >= 15 is 0 Å². The summed E-state index contributed by atoms with van der Waals surface area (Å²) in [5.74, 6) is 0.461. The normalized spacial score (nSPS) is 11.0. The zero-order valence-corrected chi connectivity index (χ0v) is 7.18. The standard InChI is InChI=1S/C8H11OP/c1-6-4-3-5-7(10-2)8(6)9/h3-5,9-10H,1-2H3. The van der Waals surface area contributed by atoms with Crippen molar-refractivity contribution in [2.45, 2.75) is 6.92 Å². The lowest BCUT2D eigenvalue weighted by Crippen LogP contribution is -1.94. The van der Waals surface area contributed by atoms with E-state index in [9.17, 15) is 5.11 Å². The zero-order chi connectivity index (χ0) is 7.56. The Balaban J connectivity index is 3.14. The maximum Gasteiger partial charge on any atom is 0.125 e. The predicted octanol–water partition coefficient (Wildman–Crippen LogP) is 1.63. The summed E-state index contributed by atoms with van der Waals surface area (Å²) in [4.78, 5) is 0. The average molecular weight is 154 g/mol. The van der Waals surface area contributed by atoms with Gasteiger partial charge in [-0.15, -0.1) is 0 Å². The highest BCUT2D eigenvalue weighted by Crippen LogP contribution is 2.18. The van der Waals surface area contributed by atoms with E-state index in [1.54, 1.807) is 0 Å². The van der Waals surface area contributed by atoms with Gasteiger partial charge in [0.15, 0.2) is 0 Å². The van der Waals surface area contributed by atoms with E-state index < -0.39 is 0 Å². The van der Waals surface area contributed by atoms with Crippen molar-refractivity contribution in [1.29, 1.82) is 0 Å². The molecule has 0 amide bonds. The van der Waals surface area contributed by atoms with Crippen LogP contribution in [0.25, 0.3) is 0 Å². The lowest BCUT2D eigenvalue weighted by atomic mass is 10.2. The number of aromatic hydroxyl groups is 1. The summed E-state index contributed by atoms with van der Waals surface area (Å²) in [7, 11) is 0.675. The van der Waals surface area contributed by atoms with E-state index in [4.69, 9.17) is 0 Å². The molecule has 1 nitrogen and oxygen atoms in total. The number of phenols is 1. The lowest BCUT2D eigenvalue weighted by Gasteiger charge is -2.02. The summed E-state index contributed by atoms with van der Waals surface area (Å²) in [5, 5.41) is 10.5. The van der Waals surface area contributed by atoms with Crippen molar-refractivity contribution < 1.29 is 5.11 Å². The summed E-state index contributed by atoms with van der Waals surface area (Å²) in [6.07, 6.45) is 0. The van der Waals surface area contributed by atoms with Crippen molar-refractivity contribution in [3.63, 3.8) is 0 Å². The molecule has 1 aromatic rings. The van der Waals surface area contributed by atoms with Crippen molar-refractivity contribution in [3.05, 3.63) is 23.8 Å². The Morgan fingerprint density at radius 2 is 2.10 bits per heavy atom. The molecule has 0 bridgehead atoms. The second-order valence-electron chi connectivity index (χ2n) is 2.22. The third kappa shape index (κ3) is 1.30. The van der Waals surface area contributed by atoms with Crippen molar-refractivity contribution >= 4 is 13.9 Å². The number of para-hydroxylation sites is 1. The van der Waals surface area contributed by atoms with Gasteiger partial charge < -0.3 is 5.11 Å². The van der Waals surface area contributed by atoms with Crippen LogP contribution in [0.3, 0.4) is 0 Å². The molecule has 1 rings (SSSR count). The van der Waals surface area contributed by atoms with Crippen LogP contribution in [0.5, 0.6) is 5.75 Å². The van der Waals surface area contributed by atoms with Gasteiger partial charge in [0, 0.05) is 5.30 Å². The second-order valence-corrected chi connectivity index (χ2v) is 3.26. The molecule has 1 atom stereocenters. The van der Waals surface area contributed by atoms with Crippen LogP contribution >= 0.6 is 8.58 Å². The Bertz CT molecular complexity index is 233. The highest BCUT2D eigenvalue weighted by atomic mass is 31.1. The van der Waals surface area contributed by atoms with Crippen molar-refractivity contribution in [2.75, 3.05) is 6.66 Å². The molecule has 0 radical (unpaired) electrons. The minimum atomic E-state index is 0.461. The molecule has 0 saturated heterocycles. The highest BCUT2D eigenvalue weighted by molar-refractivity contribution is 7.46. The van der Waals surface area contributed by atoms with Crippen LogP contribution < -0.4 is 5.30 Å². The summed E-state index contributed by atoms with van der Waals surface area (Å²) in [6, 6.07) is 5.85. The summed E-state index contributed by atoms with van der Waals surface area (Å²) in [6.45, 7) is 3.98. The molecule has 2 heteroatoms. The number of benzene rings is 1. The van der Waals surface area contributed by atoms with E-state index in [2.05, 4.69) is 6.66 Å². The van der Waals surface area contributed by atoms with Gasteiger partial charge in [0.05, 0.1) is 0 Å². The van der Waals surface area contributed by atoms with Gasteiger partial charge in [0.25, 0.3) is 0 Å². The molecular formula is C8H11OP. The van der Waals surface area contributed by atoms with E-state index in [0.717, 1.165) is 10.9 Å². The summed E-state index contributed by atoms with van der Waals surface area (Å²) < 4.78 is 0. The predicted molar refractivity (Wildman–Crippen MR) is 46.7 cm³/mol. The zero-order valence-electron chi connectivity index (χ0n) is 6.18. The molecule has 10 heavy (non-hydrogen) atoms. The Hall–Kier alpha value is -0.550. The van der Waals surface area contributed by atoms with E-state index in [1.165, 1.54) is 0 Å². The third-order valence-corrected chi connectivity index (χ3v) is 2.45. The van der Waals surface area contributed by atoms with Gasteiger partial charge >= 0.3 is 0 Å². The fraction of sp³-hybridized carbons (Fsp3) is 0.250. The Kier molecular flexibility index (Phi) is 2.29. The third-order valence-electron chi connectivity index (χ3n) is 1.51. The van der Waals surface area contributed by atoms with E-state index in [1.807, 2.05) is 25.1 Å². The van der Waals surface area contributed by atoms with E-state index in [-0.39, 0.29) is 0 Å². The molecule has 54 valence electrons. The van der Waals surface area contributed by atoms with Gasteiger partial charge in [-0.3, -0.25) is 0 Å². The first-order chi connectivity index (χ1) is 4.75. The number of rotatable bonds is 1. The van der Waals surface area contributed by atoms with Gasteiger partial charge in [-0.2, -0.15) is 0 Å². The molecule has 0 aliphatic carbocycles. The molecule has 0 aliphatic rings. The fourth-order valence-corrected chi connectivity index (χ4v) is 1.56. The first-order valence-electron chi connectivity index (χ1n) is 3.22. The number of aryl methyl sites for hydroxylation is 1. The van der Waals surface area contributed by atoms with Crippen LogP contribution in [-0.2, 0) is 0 Å². The van der Waals surface area contributed by atoms with Crippen LogP contribution in [0, 0.1) is 6.92 Å². The molecule has 0 fully saturated rings. The average Bonchev–Trinajstić information content (AvgIpc) is 1.95. The molecule has 0 aliphatic heterocycles. The molecule has 0 spiro atoms. The molecular weight excluding hydrogens is 143 g/mol. The van der Waals surface area contributed by atoms with Crippen LogP contribution in [0.15, 0.2) is 18.2 Å². The SMILES string of the molecule is CPc1cccc(C)c1O. The Morgan fingerprint density at radius 1 is 1.40 bits per heavy atom. The quantitative estimate of drug-likeness (QED) is 0.609. The maximum atomic E-state index is 9.40. The first kappa shape index (κ1) is 7.56. The fourth-order valence-electron chi connectivity index (χ4n) is 0.861. The summed E-state index contributed by atoms with van der Waals surface area (Å²) in [5.41, 5.74) is 0.965. The van der Waals surface area contributed by atoms with Gasteiger partial charge in [0.1, 0.15) is 5.75 Å². The maximum absolute atomic E-state index is 9.40. The summed E-state index contributed by atoms with van der Waals surface area (Å²) >= 11 is 0. The van der Waals surface area contributed by atoms with Gasteiger partial charge in [-0.1, -0.05) is 26.8 Å². The van der Waals surface area contributed by atoms with Crippen LogP contribution in [0.1, 0.15) is 5.56 Å². The largest absolute Gasteiger partial charge is 0.507 e. The minimum Gasteiger partial charge on any atom is -0.507 e. The van der Waals surface area contributed by atoms with Crippen molar-refractivity contribution in [3.8, 4) is 5.75 Å². The Labute approximate surface area is 62.9 Å². The molecule has 1 aromatic carbocycles. The van der Waals surface area contributed by atoms with Gasteiger partial charge in [-0.25, -0.2) is 0 Å². The lowest BCUT2D eigenvalue weighted by molar-refractivity contribution is 0.475. The molecule has 1 N–H and O–H groups in total. The van der Waals surface area contributed by atoms with E-state index in [0.29, 0.717) is 14.3 Å². The topological polar surface area (TPSA) is 20.2 Å². The Morgan fingerprint density at radius 3 is 2.60 bits per heavy atom. The smallest absolute Gasteiger partial charge is 0.125 e. The first-order valence-corrected chi connectivity index (χ1v) is 4.72.